The molecule has 0 saturated carbocycles. The minimum Gasteiger partial charge on any atom is -0.454 e. The zero-order chi connectivity index (χ0) is 18.0. The van der Waals surface area contributed by atoms with Crippen LogP contribution in [0.3, 0.4) is 0 Å². The molecule has 1 saturated heterocycles. The van der Waals surface area contributed by atoms with Crippen molar-refractivity contribution in [1.82, 2.24) is 10.2 Å². The van der Waals surface area contributed by atoms with Gasteiger partial charge in [-0.1, -0.05) is 13.8 Å². The molecule has 2 aliphatic heterocycles. The normalized spacial score (nSPS) is 21.6. The van der Waals surface area contributed by atoms with Crippen molar-refractivity contribution in [2.24, 2.45) is 16.8 Å². The van der Waals surface area contributed by atoms with Gasteiger partial charge < -0.3 is 14.8 Å². The van der Waals surface area contributed by atoms with Gasteiger partial charge in [-0.25, -0.2) is 4.99 Å². The number of rotatable bonds is 6. The molecule has 0 aromatic rings. The van der Waals surface area contributed by atoms with Gasteiger partial charge in [0.2, 0.25) is 23.7 Å². The van der Waals surface area contributed by atoms with E-state index < -0.39 is 5.92 Å². The fourth-order valence-corrected chi connectivity index (χ4v) is 3.03. The van der Waals surface area contributed by atoms with Gasteiger partial charge in [0, 0.05) is 25.6 Å². The van der Waals surface area contributed by atoms with Crippen LogP contribution in [-0.4, -0.2) is 47.4 Å². The van der Waals surface area contributed by atoms with Crippen LogP contribution in [0.5, 0.6) is 0 Å². The molecule has 1 fully saturated rings. The number of fused-ring (bicyclic) bond motifs is 2. The van der Waals surface area contributed by atoms with Crippen LogP contribution in [0.2, 0.25) is 0 Å². The first-order chi connectivity index (χ1) is 12.0. The molecule has 134 valence electrons. The summed E-state index contributed by atoms with van der Waals surface area (Å²) in [5.41, 5.74) is 0.553. The molecule has 1 unspecified atom stereocenters. The molecule has 1 N–H and O–H groups in total. The van der Waals surface area contributed by atoms with E-state index in [1.54, 1.807) is 12.2 Å². The molecule has 2 heterocycles. The first-order valence-electron chi connectivity index (χ1n) is 8.36. The van der Waals surface area contributed by atoms with Gasteiger partial charge in [0.05, 0.1) is 5.71 Å². The molecule has 0 spiro atoms. The molecule has 3 aliphatic rings. The Bertz CT molecular complexity index is 696. The molecule has 25 heavy (non-hydrogen) atoms. The van der Waals surface area contributed by atoms with Gasteiger partial charge in [0.25, 0.3) is 0 Å². The number of carbonyl (C=O) groups excluding carboxylic acids is 2. The van der Waals surface area contributed by atoms with Crippen molar-refractivity contribution in [3.63, 3.8) is 0 Å². The lowest BCUT2D eigenvalue weighted by atomic mass is 9.94. The van der Waals surface area contributed by atoms with E-state index in [9.17, 15) is 9.59 Å². The molecular formula is C17H21N3O4S. The third-order valence-corrected chi connectivity index (χ3v) is 4.49. The first-order valence-corrected chi connectivity index (χ1v) is 8.76. The summed E-state index contributed by atoms with van der Waals surface area (Å²) >= 11 is 5.23. The van der Waals surface area contributed by atoms with Gasteiger partial charge in [0.1, 0.15) is 5.92 Å². The zero-order valence-electron chi connectivity index (χ0n) is 14.3. The Morgan fingerprint density at radius 1 is 1.44 bits per heavy atom. The molecule has 7 nitrogen and oxygen atoms in total. The minimum atomic E-state index is -0.545. The van der Waals surface area contributed by atoms with E-state index in [2.05, 4.69) is 24.2 Å². The van der Waals surface area contributed by atoms with Gasteiger partial charge in [-0.2, -0.15) is 0 Å². The Kier molecular flexibility index (Phi) is 5.17. The topological polar surface area (TPSA) is 80.2 Å². The van der Waals surface area contributed by atoms with Crippen molar-refractivity contribution >= 4 is 34.9 Å². The second-order valence-corrected chi connectivity index (χ2v) is 6.88. The Morgan fingerprint density at radius 3 is 2.96 bits per heavy atom. The van der Waals surface area contributed by atoms with Crippen molar-refractivity contribution in [3.8, 4) is 0 Å². The number of nitrogens with one attached hydrogen (secondary N) is 1. The number of hydrogen-bond acceptors (Lipinski definition) is 5. The molecular weight excluding hydrogens is 342 g/mol. The lowest BCUT2D eigenvalue weighted by molar-refractivity contribution is -0.129. The third-order valence-electron chi connectivity index (χ3n) is 4.18. The van der Waals surface area contributed by atoms with E-state index in [1.807, 2.05) is 0 Å². The lowest BCUT2D eigenvalue weighted by Crippen LogP contribution is -2.47. The van der Waals surface area contributed by atoms with Crippen molar-refractivity contribution < 1.29 is 19.1 Å². The fraction of sp³-hybridized carbons (Fsp3) is 0.529. The second kappa shape index (κ2) is 7.35. The Hall–Kier alpha value is -2.22. The number of aliphatic imine (C=N–C) groups is 1. The van der Waals surface area contributed by atoms with Gasteiger partial charge in [0.15, 0.2) is 11.5 Å². The summed E-state index contributed by atoms with van der Waals surface area (Å²) in [6, 6.07) is 0. The minimum absolute atomic E-state index is 0.0947. The highest BCUT2D eigenvalue weighted by Gasteiger charge is 2.38. The molecule has 0 radical (unpaired) electrons. The van der Waals surface area contributed by atoms with Gasteiger partial charge in [-0.15, -0.1) is 0 Å². The smallest absolute Gasteiger partial charge is 0.241 e. The van der Waals surface area contributed by atoms with E-state index in [0.717, 1.165) is 6.42 Å². The molecule has 3 rings (SSSR count). The number of allylic oxidation sites excluding steroid dienone is 1. The lowest BCUT2D eigenvalue weighted by Gasteiger charge is -2.30. The number of thiocarbonyl (C=S) groups is 1. The molecule has 0 aromatic carbocycles. The van der Waals surface area contributed by atoms with Crippen LogP contribution in [0.4, 0.5) is 0 Å². The van der Waals surface area contributed by atoms with Crippen LogP contribution in [0, 0.1) is 11.8 Å². The summed E-state index contributed by atoms with van der Waals surface area (Å²) in [7, 11) is 0. The standard InChI is InChI=1S/C17H21N3O4S/c1-10(2)3-5-18-15(21)4-6-20-16(22)11-7-13-14(24-9-23-13)8-12(11)19-17(20)25/h7-8,10-11H,3-6,9H2,1-2H3,(H,18,21). The first kappa shape index (κ1) is 17.6. The molecule has 8 heteroatoms. The predicted octanol–water partition coefficient (Wildman–Crippen LogP) is 1.51. The maximum Gasteiger partial charge on any atom is 0.241 e. The highest BCUT2D eigenvalue weighted by molar-refractivity contribution is 7.80. The number of hydrogen-bond donors (Lipinski definition) is 1. The van der Waals surface area contributed by atoms with Crippen LogP contribution in [-0.2, 0) is 19.1 Å². The average molecular weight is 363 g/mol. The molecule has 2 amide bonds. The monoisotopic (exact) mass is 363 g/mol. The number of carbonyl (C=O) groups is 2. The zero-order valence-corrected chi connectivity index (χ0v) is 15.1. The summed E-state index contributed by atoms with van der Waals surface area (Å²) in [5, 5.41) is 3.04. The van der Waals surface area contributed by atoms with Crippen LogP contribution in [0.1, 0.15) is 26.7 Å². The van der Waals surface area contributed by atoms with E-state index in [-0.39, 0.29) is 36.7 Å². The summed E-state index contributed by atoms with van der Waals surface area (Å²) in [6.45, 7) is 5.19. The summed E-state index contributed by atoms with van der Waals surface area (Å²) in [6.07, 6.45) is 4.50. The van der Waals surface area contributed by atoms with E-state index in [1.165, 1.54) is 4.90 Å². The summed E-state index contributed by atoms with van der Waals surface area (Å²) < 4.78 is 10.6. The number of ether oxygens (including phenoxy) is 2. The van der Waals surface area contributed by atoms with Crippen LogP contribution < -0.4 is 5.32 Å². The van der Waals surface area contributed by atoms with Crippen molar-refractivity contribution in [2.75, 3.05) is 19.9 Å². The van der Waals surface area contributed by atoms with Gasteiger partial charge in [-0.05, 0) is 30.6 Å². The van der Waals surface area contributed by atoms with Crippen molar-refractivity contribution in [3.05, 3.63) is 23.7 Å². The second-order valence-electron chi connectivity index (χ2n) is 6.52. The third kappa shape index (κ3) is 3.89. The van der Waals surface area contributed by atoms with E-state index >= 15 is 0 Å². The predicted molar refractivity (Wildman–Crippen MR) is 95.5 cm³/mol. The number of nitrogens with zero attached hydrogens (tertiary/aromatic N) is 2. The molecule has 1 atom stereocenters. The quantitative estimate of drug-likeness (QED) is 0.724. The Balaban J connectivity index is 1.61. The van der Waals surface area contributed by atoms with E-state index in [0.29, 0.717) is 29.7 Å². The van der Waals surface area contributed by atoms with Crippen molar-refractivity contribution in [2.45, 2.75) is 26.7 Å². The maximum atomic E-state index is 12.7. The maximum absolute atomic E-state index is 12.7. The van der Waals surface area contributed by atoms with Gasteiger partial charge in [-0.3, -0.25) is 14.5 Å². The van der Waals surface area contributed by atoms with Crippen molar-refractivity contribution in [1.29, 1.82) is 0 Å². The molecule has 0 bridgehead atoms. The average Bonchev–Trinajstić information content (AvgIpc) is 3.00. The van der Waals surface area contributed by atoms with E-state index in [4.69, 9.17) is 21.7 Å². The van der Waals surface area contributed by atoms with Gasteiger partial charge >= 0.3 is 0 Å². The summed E-state index contributed by atoms with van der Waals surface area (Å²) in [5.74, 6) is 0.825. The molecule has 0 aromatic heterocycles. The Labute approximate surface area is 151 Å². The molecule has 1 aliphatic carbocycles. The van der Waals surface area contributed by atoms with Crippen LogP contribution >= 0.6 is 12.2 Å². The highest BCUT2D eigenvalue weighted by Crippen LogP contribution is 2.31. The Morgan fingerprint density at radius 2 is 2.20 bits per heavy atom. The van der Waals surface area contributed by atoms with Crippen LogP contribution in [0.15, 0.2) is 28.7 Å². The fourth-order valence-electron chi connectivity index (χ4n) is 2.74. The van der Waals surface area contributed by atoms with Crippen LogP contribution in [0.25, 0.3) is 0 Å². The number of amides is 2. The highest BCUT2D eigenvalue weighted by atomic mass is 32.1. The summed E-state index contributed by atoms with van der Waals surface area (Å²) in [4.78, 5) is 30.4. The largest absolute Gasteiger partial charge is 0.454 e. The SMILES string of the molecule is CC(C)CCNC(=O)CCN1C(=O)C2C=C3OCOC3=CC2=NC1=S.